The molecular weight excluding hydrogens is 302 g/mol. The number of ether oxygens (including phenoxy) is 1. The zero-order valence-corrected chi connectivity index (χ0v) is 11.7. The van der Waals surface area contributed by atoms with Crippen molar-refractivity contribution in [2.75, 3.05) is 7.11 Å². The van der Waals surface area contributed by atoms with Crippen LogP contribution in [-0.4, -0.2) is 24.1 Å². The second-order valence-corrected chi connectivity index (χ2v) is 4.59. The largest absolute Gasteiger partial charge is 0.497 e. The monoisotopic (exact) mass is 315 g/mol. The number of amides is 1. The molecule has 0 aliphatic carbocycles. The lowest BCUT2D eigenvalue weighted by Gasteiger charge is -2.18. The summed E-state index contributed by atoms with van der Waals surface area (Å²) in [5.41, 5.74) is 0.673. The molecule has 0 heterocycles. The molecule has 2 N–H and O–H groups in total. The van der Waals surface area contributed by atoms with Crippen molar-refractivity contribution in [2.45, 2.75) is 19.4 Å². The highest BCUT2D eigenvalue weighted by atomic mass is 79.9. The minimum Gasteiger partial charge on any atom is -0.497 e. The fourth-order valence-corrected chi connectivity index (χ4v) is 2.10. The van der Waals surface area contributed by atoms with Crippen LogP contribution in [0.4, 0.5) is 0 Å². The number of benzene rings is 1. The van der Waals surface area contributed by atoms with Crippen LogP contribution >= 0.6 is 15.9 Å². The van der Waals surface area contributed by atoms with Gasteiger partial charge in [-0.2, -0.15) is 0 Å². The Morgan fingerprint density at radius 3 is 2.67 bits per heavy atom. The maximum atomic E-state index is 11.1. The Balaban J connectivity index is 3.09. The number of carboxylic acid groups (broad SMARTS) is 1. The van der Waals surface area contributed by atoms with Crippen LogP contribution in [-0.2, 0) is 9.59 Å². The minimum absolute atomic E-state index is 0.189. The van der Waals surface area contributed by atoms with Gasteiger partial charge in [0.15, 0.2) is 0 Å². The molecule has 18 heavy (non-hydrogen) atoms. The average Bonchev–Trinajstić information content (AvgIpc) is 2.27. The van der Waals surface area contributed by atoms with E-state index in [2.05, 4.69) is 21.2 Å². The molecule has 0 spiro atoms. The van der Waals surface area contributed by atoms with Crippen LogP contribution in [0.25, 0.3) is 0 Å². The summed E-state index contributed by atoms with van der Waals surface area (Å²) >= 11 is 3.34. The van der Waals surface area contributed by atoms with Crippen molar-refractivity contribution in [3.05, 3.63) is 28.2 Å². The SMILES string of the molecule is COc1ccc(Br)c(C(CC(=O)O)NC(C)=O)c1. The van der Waals surface area contributed by atoms with Gasteiger partial charge in [0.25, 0.3) is 0 Å². The van der Waals surface area contributed by atoms with E-state index in [1.165, 1.54) is 14.0 Å². The van der Waals surface area contributed by atoms with Gasteiger partial charge in [-0.25, -0.2) is 0 Å². The molecule has 0 aromatic heterocycles. The van der Waals surface area contributed by atoms with Crippen LogP contribution in [0.5, 0.6) is 5.75 Å². The van der Waals surface area contributed by atoms with Gasteiger partial charge in [0.1, 0.15) is 5.75 Å². The number of methoxy groups -OCH3 is 1. The summed E-state index contributed by atoms with van der Waals surface area (Å²) in [4.78, 5) is 22.0. The molecule has 0 saturated heterocycles. The van der Waals surface area contributed by atoms with Crippen molar-refractivity contribution < 1.29 is 19.4 Å². The number of carboxylic acids is 1. The Morgan fingerprint density at radius 2 is 2.17 bits per heavy atom. The second-order valence-electron chi connectivity index (χ2n) is 3.74. The van der Waals surface area contributed by atoms with E-state index < -0.39 is 12.0 Å². The fraction of sp³-hybridized carbons (Fsp3) is 0.333. The van der Waals surface area contributed by atoms with Gasteiger partial charge in [-0.1, -0.05) is 15.9 Å². The zero-order valence-electron chi connectivity index (χ0n) is 10.1. The maximum absolute atomic E-state index is 11.1. The first-order chi connectivity index (χ1) is 8.43. The highest BCUT2D eigenvalue weighted by Gasteiger charge is 2.19. The van der Waals surface area contributed by atoms with Gasteiger partial charge in [-0.15, -0.1) is 0 Å². The van der Waals surface area contributed by atoms with E-state index in [4.69, 9.17) is 9.84 Å². The third kappa shape index (κ3) is 4.03. The van der Waals surface area contributed by atoms with Crippen LogP contribution in [0.3, 0.4) is 0 Å². The highest BCUT2D eigenvalue weighted by molar-refractivity contribution is 9.10. The van der Waals surface area contributed by atoms with E-state index in [1.807, 2.05) is 0 Å². The smallest absolute Gasteiger partial charge is 0.305 e. The number of carbonyl (C=O) groups excluding carboxylic acids is 1. The molecule has 1 amide bonds. The molecule has 5 nitrogen and oxygen atoms in total. The van der Waals surface area contributed by atoms with E-state index in [-0.39, 0.29) is 12.3 Å². The first kappa shape index (κ1) is 14.5. The molecule has 6 heteroatoms. The van der Waals surface area contributed by atoms with Crippen molar-refractivity contribution in [3.8, 4) is 5.75 Å². The van der Waals surface area contributed by atoms with Crippen molar-refractivity contribution in [1.29, 1.82) is 0 Å². The molecule has 0 aliphatic rings. The molecule has 1 rings (SSSR count). The molecule has 1 aromatic carbocycles. The maximum Gasteiger partial charge on any atom is 0.305 e. The first-order valence-corrected chi connectivity index (χ1v) is 6.05. The summed E-state index contributed by atoms with van der Waals surface area (Å²) in [6.45, 7) is 1.35. The standard InChI is InChI=1S/C12H14BrNO4/c1-7(15)14-11(6-12(16)17)9-5-8(18-2)3-4-10(9)13/h3-5,11H,6H2,1-2H3,(H,14,15)(H,16,17). The van der Waals surface area contributed by atoms with Crippen molar-refractivity contribution in [2.24, 2.45) is 0 Å². The quantitative estimate of drug-likeness (QED) is 0.872. The summed E-state index contributed by atoms with van der Waals surface area (Å²) in [5, 5.41) is 11.5. The lowest BCUT2D eigenvalue weighted by atomic mass is 10.0. The van der Waals surface area contributed by atoms with Crippen LogP contribution in [0.2, 0.25) is 0 Å². The predicted molar refractivity (Wildman–Crippen MR) is 69.5 cm³/mol. The number of carbonyl (C=O) groups is 2. The van der Waals surface area contributed by atoms with Crippen LogP contribution in [0, 0.1) is 0 Å². The van der Waals surface area contributed by atoms with Gasteiger partial charge in [0, 0.05) is 11.4 Å². The molecule has 1 aromatic rings. The van der Waals surface area contributed by atoms with Gasteiger partial charge < -0.3 is 15.2 Å². The third-order valence-electron chi connectivity index (χ3n) is 2.33. The average molecular weight is 316 g/mol. The van der Waals surface area contributed by atoms with Crippen molar-refractivity contribution >= 4 is 27.8 Å². The Bertz CT molecular complexity index is 445. The molecule has 0 bridgehead atoms. The summed E-state index contributed by atoms with van der Waals surface area (Å²) in [6.07, 6.45) is -0.189. The Labute approximate surface area is 113 Å². The van der Waals surface area contributed by atoms with Gasteiger partial charge in [-0.3, -0.25) is 9.59 Å². The van der Waals surface area contributed by atoms with E-state index in [0.717, 1.165) is 4.47 Å². The van der Waals surface area contributed by atoms with Crippen molar-refractivity contribution in [1.82, 2.24) is 5.32 Å². The minimum atomic E-state index is -0.983. The molecule has 1 unspecified atom stereocenters. The number of hydrogen-bond acceptors (Lipinski definition) is 3. The van der Waals surface area contributed by atoms with Gasteiger partial charge in [0.2, 0.25) is 5.91 Å². The van der Waals surface area contributed by atoms with Gasteiger partial charge in [0.05, 0.1) is 19.6 Å². The van der Waals surface area contributed by atoms with Crippen LogP contribution in [0.15, 0.2) is 22.7 Å². The predicted octanol–water partition coefficient (Wildman–Crippen LogP) is 2.11. The van der Waals surface area contributed by atoms with E-state index >= 15 is 0 Å². The molecule has 1 atom stereocenters. The van der Waals surface area contributed by atoms with Crippen molar-refractivity contribution in [3.63, 3.8) is 0 Å². The van der Waals surface area contributed by atoms with Crippen LogP contribution < -0.4 is 10.1 Å². The normalized spacial score (nSPS) is 11.7. The third-order valence-corrected chi connectivity index (χ3v) is 3.06. The highest BCUT2D eigenvalue weighted by Crippen LogP contribution is 2.29. The van der Waals surface area contributed by atoms with Gasteiger partial charge in [-0.05, 0) is 23.8 Å². The summed E-state index contributed by atoms with van der Waals surface area (Å²) in [6, 6.07) is 4.61. The molecule has 98 valence electrons. The number of nitrogens with one attached hydrogen (secondary N) is 1. The number of aliphatic carboxylic acids is 1. The first-order valence-electron chi connectivity index (χ1n) is 5.26. The Morgan fingerprint density at radius 1 is 1.50 bits per heavy atom. The second kappa shape index (κ2) is 6.39. The molecule has 0 fully saturated rings. The summed E-state index contributed by atoms with van der Waals surface area (Å²) < 4.78 is 5.81. The topological polar surface area (TPSA) is 75.6 Å². The van der Waals surface area contributed by atoms with Gasteiger partial charge >= 0.3 is 5.97 Å². The zero-order chi connectivity index (χ0) is 13.7. The lowest BCUT2D eigenvalue weighted by Crippen LogP contribution is -2.28. The van der Waals surface area contributed by atoms with E-state index in [0.29, 0.717) is 11.3 Å². The summed E-state index contributed by atoms with van der Waals surface area (Å²) in [5.74, 6) is -0.659. The Kier molecular flexibility index (Phi) is 5.15. The van der Waals surface area contributed by atoms with E-state index in [1.54, 1.807) is 18.2 Å². The van der Waals surface area contributed by atoms with E-state index in [9.17, 15) is 9.59 Å². The number of hydrogen-bond donors (Lipinski definition) is 2. The molecule has 0 aliphatic heterocycles. The lowest BCUT2D eigenvalue weighted by molar-refractivity contribution is -0.137. The number of halogens is 1. The molecular formula is C12H14BrNO4. The fourth-order valence-electron chi connectivity index (χ4n) is 1.57. The number of rotatable bonds is 5. The van der Waals surface area contributed by atoms with Crippen LogP contribution in [0.1, 0.15) is 24.9 Å². The molecule has 0 saturated carbocycles. The summed E-state index contributed by atoms with van der Waals surface area (Å²) in [7, 11) is 1.53. The molecule has 0 radical (unpaired) electrons. The Hall–Kier alpha value is -1.56.